The zero-order chi connectivity index (χ0) is 17.8. The highest BCUT2D eigenvalue weighted by Gasteiger charge is 2.10. The van der Waals surface area contributed by atoms with E-state index in [0.29, 0.717) is 34.6 Å². The molecule has 0 fully saturated rings. The molecule has 0 spiro atoms. The van der Waals surface area contributed by atoms with Crippen molar-refractivity contribution in [1.82, 2.24) is 20.1 Å². The van der Waals surface area contributed by atoms with E-state index in [2.05, 4.69) is 15.4 Å². The average Bonchev–Trinajstić information content (AvgIpc) is 3.04. The molecule has 1 aromatic carbocycles. The first-order valence-electron chi connectivity index (χ1n) is 7.69. The highest BCUT2D eigenvalue weighted by molar-refractivity contribution is 5.93. The van der Waals surface area contributed by atoms with E-state index >= 15 is 0 Å². The van der Waals surface area contributed by atoms with E-state index < -0.39 is 0 Å². The number of pyridine rings is 1. The van der Waals surface area contributed by atoms with E-state index in [1.54, 1.807) is 42.6 Å². The number of aromatic amines is 1. The highest BCUT2D eigenvalue weighted by atomic mass is 16.1. The van der Waals surface area contributed by atoms with Gasteiger partial charge in [0.15, 0.2) is 5.82 Å². The first-order chi connectivity index (χ1) is 12.1. The zero-order valence-corrected chi connectivity index (χ0v) is 13.5. The molecular formula is C18H15N5O2. The van der Waals surface area contributed by atoms with Crippen molar-refractivity contribution in [3.05, 3.63) is 70.3 Å². The molecule has 0 aliphatic rings. The van der Waals surface area contributed by atoms with Gasteiger partial charge in [-0.3, -0.25) is 14.7 Å². The van der Waals surface area contributed by atoms with Gasteiger partial charge in [-0.25, -0.2) is 9.67 Å². The topological polar surface area (TPSA) is 104 Å². The standard InChI is InChI=1S/C18H15N5O2/c1-2-20-17(24)14-7-8-16(21-10-14)23-11-15(18(25)22-23)13-5-3-12(9-19)4-6-13/h3-8,10-11H,2H2,1H3,(H,20,24)(H,22,25). The number of H-pyrrole nitrogens is 1. The number of carbonyl (C=O) groups excluding carboxylic acids is 1. The lowest BCUT2D eigenvalue weighted by Gasteiger charge is -2.04. The van der Waals surface area contributed by atoms with Gasteiger partial charge in [0.05, 0.1) is 22.8 Å². The molecule has 2 aromatic heterocycles. The second-order valence-electron chi connectivity index (χ2n) is 5.31. The lowest BCUT2D eigenvalue weighted by molar-refractivity contribution is 0.0955. The van der Waals surface area contributed by atoms with Gasteiger partial charge >= 0.3 is 0 Å². The van der Waals surface area contributed by atoms with Crippen molar-refractivity contribution in [2.45, 2.75) is 6.92 Å². The van der Waals surface area contributed by atoms with Crippen LogP contribution in [0.25, 0.3) is 16.9 Å². The molecule has 0 radical (unpaired) electrons. The monoisotopic (exact) mass is 333 g/mol. The predicted molar refractivity (Wildman–Crippen MR) is 92.3 cm³/mol. The van der Waals surface area contributed by atoms with Gasteiger partial charge in [0, 0.05) is 18.9 Å². The Kier molecular flexibility index (Phi) is 4.44. The molecule has 1 amide bonds. The number of hydrogen-bond acceptors (Lipinski definition) is 4. The summed E-state index contributed by atoms with van der Waals surface area (Å²) in [6.07, 6.45) is 3.10. The van der Waals surface area contributed by atoms with Crippen molar-refractivity contribution >= 4 is 5.91 Å². The van der Waals surface area contributed by atoms with Crippen LogP contribution in [-0.4, -0.2) is 27.2 Å². The molecular weight excluding hydrogens is 318 g/mol. The Morgan fingerprint density at radius 2 is 2.04 bits per heavy atom. The minimum absolute atomic E-state index is 0.194. The summed E-state index contributed by atoms with van der Waals surface area (Å²) in [7, 11) is 0. The Morgan fingerprint density at radius 1 is 1.28 bits per heavy atom. The second-order valence-corrected chi connectivity index (χ2v) is 5.31. The lowest BCUT2D eigenvalue weighted by atomic mass is 10.1. The Labute approximate surface area is 143 Å². The summed E-state index contributed by atoms with van der Waals surface area (Å²) in [5, 5.41) is 14.2. The van der Waals surface area contributed by atoms with Crippen molar-refractivity contribution in [1.29, 1.82) is 5.26 Å². The molecule has 7 nitrogen and oxygen atoms in total. The first kappa shape index (κ1) is 16.2. The molecule has 2 N–H and O–H groups in total. The van der Waals surface area contributed by atoms with Gasteiger partial charge in [-0.15, -0.1) is 0 Å². The van der Waals surface area contributed by atoms with Gasteiger partial charge in [-0.2, -0.15) is 5.26 Å². The lowest BCUT2D eigenvalue weighted by Crippen LogP contribution is -2.22. The van der Waals surface area contributed by atoms with Crippen LogP contribution in [-0.2, 0) is 0 Å². The molecule has 25 heavy (non-hydrogen) atoms. The number of amides is 1. The van der Waals surface area contributed by atoms with Gasteiger partial charge in [0.2, 0.25) is 0 Å². The molecule has 0 atom stereocenters. The predicted octanol–water partition coefficient (Wildman–Crippen LogP) is 1.85. The second kappa shape index (κ2) is 6.84. The number of hydrogen-bond donors (Lipinski definition) is 2. The van der Waals surface area contributed by atoms with E-state index in [1.807, 2.05) is 13.0 Å². The van der Waals surface area contributed by atoms with Crippen molar-refractivity contribution < 1.29 is 4.79 Å². The van der Waals surface area contributed by atoms with Gasteiger partial charge in [-0.05, 0) is 36.8 Å². The van der Waals surface area contributed by atoms with Gasteiger partial charge < -0.3 is 5.32 Å². The smallest absolute Gasteiger partial charge is 0.272 e. The molecule has 0 aliphatic heterocycles. The van der Waals surface area contributed by atoms with Crippen molar-refractivity contribution in [3.63, 3.8) is 0 Å². The van der Waals surface area contributed by atoms with Crippen LogP contribution in [0.4, 0.5) is 0 Å². The molecule has 3 aromatic rings. The van der Waals surface area contributed by atoms with E-state index in [0.717, 1.165) is 0 Å². The molecule has 0 aliphatic carbocycles. The molecule has 0 saturated heterocycles. The third kappa shape index (κ3) is 3.33. The van der Waals surface area contributed by atoms with Crippen LogP contribution in [0.1, 0.15) is 22.8 Å². The number of rotatable bonds is 4. The normalized spacial score (nSPS) is 10.2. The number of nitrogens with zero attached hydrogens (tertiary/aromatic N) is 3. The molecule has 3 rings (SSSR count). The summed E-state index contributed by atoms with van der Waals surface area (Å²) in [6, 6.07) is 12.1. The van der Waals surface area contributed by atoms with Crippen LogP contribution < -0.4 is 10.9 Å². The third-order valence-electron chi connectivity index (χ3n) is 3.64. The summed E-state index contributed by atoms with van der Waals surface area (Å²) in [6.45, 7) is 2.38. The summed E-state index contributed by atoms with van der Waals surface area (Å²) < 4.78 is 1.50. The number of nitriles is 1. The maximum atomic E-state index is 12.2. The molecule has 0 unspecified atom stereocenters. The molecule has 0 bridgehead atoms. The highest BCUT2D eigenvalue weighted by Crippen LogP contribution is 2.17. The molecule has 7 heteroatoms. The largest absolute Gasteiger partial charge is 0.352 e. The minimum atomic E-state index is -0.265. The summed E-state index contributed by atoms with van der Waals surface area (Å²) >= 11 is 0. The maximum Gasteiger partial charge on any atom is 0.272 e. The van der Waals surface area contributed by atoms with Crippen LogP contribution in [0, 0.1) is 11.3 Å². The molecule has 2 heterocycles. The van der Waals surface area contributed by atoms with Crippen LogP contribution in [0.15, 0.2) is 53.6 Å². The van der Waals surface area contributed by atoms with E-state index in [9.17, 15) is 9.59 Å². The summed E-state index contributed by atoms with van der Waals surface area (Å²) in [5.74, 6) is 0.297. The number of aromatic nitrogens is 3. The molecule has 124 valence electrons. The number of carbonyl (C=O) groups is 1. The fourth-order valence-corrected chi connectivity index (χ4v) is 2.37. The minimum Gasteiger partial charge on any atom is -0.352 e. The summed E-state index contributed by atoms with van der Waals surface area (Å²) in [5.41, 5.74) is 1.89. The quantitative estimate of drug-likeness (QED) is 0.760. The Balaban J connectivity index is 1.90. The fourth-order valence-electron chi connectivity index (χ4n) is 2.37. The van der Waals surface area contributed by atoms with Gasteiger partial charge in [0.25, 0.3) is 11.5 Å². The SMILES string of the molecule is CCNC(=O)c1ccc(-n2cc(-c3ccc(C#N)cc3)c(=O)[nH]2)nc1. The van der Waals surface area contributed by atoms with Crippen molar-refractivity contribution in [2.75, 3.05) is 6.54 Å². The van der Waals surface area contributed by atoms with Crippen molar-refractivity contribution in [2.24, 2.45) is 0 Å². The van der Waals surface area contributed by atoms with Crippen molar-refractivity contribution in [3.8, 4) is 23.0 Å². The molecule has 0 saturated carbocycles. The first-order valence-corrected chi connectivity index (χ1v) is 7.69. The van der Waals surface area contributed by atoms with E-state index in [-0.39, 0.29) is 11.5 Å². The number of nitrogens with one attached hydrogen (secondary N) is 2. The maximum absolute atomic E-state index is 12.2. The third-order valence-corrected chi connectivity index (χ3v) is 3.64. The number of benzene rings is 1. The fraction of sp³-hybridized carbons (Fsp3) is 0.111. The average molecular weight is 333 g/mol. The summed E-state index contributed by atoms with van der Waals surface area (Å²) in [4.78, 5) is 28.2. The van der Waals surface area contributed by atoms with E-state index in [4.69, 9.17) is 5.26 Å². The van der Waals surface area contributed by atoms with Crippen LogP contribution in [0.2, 0.25) is 0 Å². The van der Waals surface area contributed by atoms with E-state index in [1.165, 1.54) is 10.9 Å². The Morgan fingerprint density at radius 3 is 2.64 bits per heavy atom. The van der Waals surface area contributed by atoms with Crippen LogP contribution in [0.3, 0.4) is 0 Å². The van der Waals surface area contributed by atoms with Crippen LogP contribution >= 0.6 is 0 Å². The van der Waals surface area contributed by atoms with Gasteiger partial charge in [0.1, 0.15) is 0 Å². The zero-order valence-electron chi connectivity index (χ0n) is 13.5. The Hall–Kier alpha value is -3.66. The Bertz CT molecular complexity index is 992. The van der Waals surface area contributed by atoms with Gasteiger partial charge in [-0.1, -0.05) is 12.1 Å². The van der Waals surface area contributed by atoms with Crippen LogP contribution in [0.5, 0.6) is 0 Å².